The first-order valence-corrected chi connectivity index (χ1v) is 10.3. The number of nitrogens with zero attached hydrogens (tertiary/aromatic N) is 1. The molecule has 1 N–H and O–H groups in total. The van der Waals surface area contributed by atoms with Crippen molar-refractivity contribution < 1.29 is 22.7 Å². The molecule has 0 saturated carbocycles. The van der Waals surface area contributed by atoms with Gasteiger partial charge in [-0.3, -0.25) is 19.3 Å². The third-order valence-electron chi connectivity index (χ3n) is 4.30. The maximum Gasteiger partial charge on any atom is 0.308 e. The molecular weight excluding hydrogens is 380 g/mol. The van der Waals surface area contributed by atoms with Crippen molar-refractivity contribution in [3.63, 3.8) is 0 Å². The van der Waals surface area contributed by atoms with Gasteiger partial charge in [0.25, 0.3) is 10.0 Å². The SMILES string of the molecule is CCc1ccc(C(=O)COC(=O)CCN=C2NS(=O)(=O)c3ccccc32)cc1. The summed E-state index contributed by atoms with van der Waals surface area (Å²) in [5.74, 6) is -0.646. The van der Waals surface area contributed by atoms with Crippen molar-refractivity contribution in [1.29, 1.82) is 0 Å². The van der Waals surface area contributed by atoms with Crippen LogP contribution in [0.3, 0.4) is 0 Å². The van der Waals surface area contributed by atoms with Crippen molar-refractivity contribution in [3.8, 4) is 0 Å². The van der Waals surface area contributed by atoms with Gasteiger partial charge in [-0.2, -0.15) is 0 Å². The Hall–Kier alpha value is -3.00. The van der Waals surface area contributed by atoms with Crippen LogP contribution in [0.25, 0.3) is 0 Å². The molecule has 0 aromatic heterocycles. The standard InChI is InChI=1S/C20H20N2O5S/c1-2-14-7-9-15(10-8-14)17(23)13-27-19(24)11-12-21-20-16-5-3-4-6-18(16)28(25,26)22-20/h3-10H,2,11-13H2,1H3,(H,21,22). The van der Waals surface area contributed by atoms with E-state index in [1.165, 1.54) is 6.07 Å². The first-order valence-electron chi connectivity index (χ1n) is 8.85. The Bertz CT molecular complexity index is 1030. The molecule has 7 nitrogen and oxygen atoms in total. The fraction of sp³-hybridized carbons (Fsp3) is 0.250. The molecule has 0 bridgehead atoms. The van der Waals surface area contributed by atoms with Gasteiger partial charge in [-0.05, 0) is 24.1 Å². The van der Waals surface area contributed by atoms with Gasteiger partial charge in [0.05, 0.1) is 17.9 Å². The van der Waals surface area contributed by atoms with Gasteiger partial charge in [0.15, 0.2) is 12.4 Å². The molecule has 8 heteroatoms. The summed E-state index contributed by atoms with van der Waals surface area (Å²) in [5.41, 5.74) is 2.08. The number of ether oxygens (including phenoxy) is 1. The highest BCUT2D eigenvalue weighted by atomic mass is 32.2. The van der Waals surface area contributed by atoms with E-state index in [9.17, 15) is 18.0 Å². The summed E-state index contributed by atoms with van der Waals surface area (Å²) in [6.45, 7) is 1.73. The summed E-state index contributed by atoms with van der Waals surface area (Å²) in [6, 6.07) is 13.6. The third-order valence-corrected chi connectivity index (χ3v) is 5.69. The van der Waals surface area contributed by atoms with Gasteiger partial charge in [0.2, 0.25) is 0 Å². The number of hydrogen-bond donors (Lipinski definition) is 1. The van der Waals surface area contributed by atoms with Crippen LogP contribution in [0.4, 0.5) is 0 Å². The van der Waals surface area contributed by atoms with Gasteiger partial charge in [-0.15, -0.1) is 0 Å². The zero-order valence-electron chi connectivity index (χ0n) is 15.3. The maximum atomic E-state index is 12.1. The maximum absolute atomic E-state index is 12.1. The van der Waals surface area contributed by atoms with Gasteiger partial charge in [-0.25, -0.2) is 8.42 Å². The largest absolute Gasteiger partial charge is 0.457 e. The Kier molecular flexibility index (Phi) is 5.89. The van der Waals surface area contributed by atoms with E-state index in [-0.39, 0.29) is 36.1 Å². The van der Waals surface area contributed by atoms with E-state index in [1.54, 1.807) is 30.3 Å². The summed E-state index contributed by atoms with van der Waals surface area (Å²) in [5, 5.41) is 0. The summed E-state index contributed by atoms with van der Waals surface area (Å²) in [7, 11) is -3.60. The fourth-order valence-corrected chi connectivity index (χ4v) is 3.99. The van der Waals surface area contributed by atoms with Gasteiger partial charge in [-0.1, -0.05) is 43.3 Å². The number of aliphatic imine (C=N–C) groups is 1. The number of nitrogens with one attached hydrogen (secondary N) is 1. The zero-order valence-corrected chi connectivity index (χ0v) is 16.2. The second-order valence-corrected chi connectivity index (χ2v) is 7.87. The predicted octanol–water partition coefficient (Wildman–Crippen LogP) is 2.10. The molecule has 0 spiro atoms. The zero-order chi connectivity index (χ0) is 20.1. The summed E-state index contributed by atoms with van der Waals surface area (Å²) >= 11 is 0. The van der Waals surface area contributed by atoms with Crippen LogP contribution in [-0.4, -0.2) is 39.2 Å². The van der Waals surface area contributed by atoms with E-state index >= 15 is 0 Å². The number of hydrogen-bond acceptors (Lipinski definition) is 6. The molecule has 0 amide bonds. The van der Waals surface area contributed by atoms with Crippen LogP contribution in [0, 0.1) is 0 Å². The molecule has 0 unspecified atom stereocenters. The Labute approximate surface area is 163 Å². The number of benzene rings is 2. The van der Waals surface area contributed by atoms with Crippen LogP contribution in [0.15, 0.2) is 58.4 Å². The molecule has 0 fully saturated rings. The lowest BCUT2D eigenvalue weighted by Gasteiger charge is -2.05. The lowest BCUT2D eigenvalue weighted by Crippen LogP contribution is -2.22. The van der Waals surface area contributed by atoms with Crippen LogP contribution in [-0.2, 0) is 26.0 Å². The third kappa shape index (κ3) is 4.45. The van der Waals surface area contributed by atoms with E-state index in [4.69, 9.17) is 4.74 Å². The van der Waals surface area contributed by atoms with E-state index in [0.29, 0.717) is 11.1 Å². The van der Waals surface area contributed by atoms with Crippen LogP contribution in [0.5, 0.6) is 0 Å². The monoisotopic (exact) mass is 400 g/mol. The van der Waals surface area contributed by atoms with Gasteiger partial charge >= 0.3 is 5.97 Å². The number of fused-ring (bicyclic) bond motifs is 1. The average Bonchev–Trinajstić information content (AvgIpc) is 2.97. The molecule has 3 rings (SSSR count). The second-order valence-electron chi connectivity index (χ2n) is 6.22. The van der Waals surface area contributed by atoms with E-state index in [2.05, 4.69) is 9.71 Å². The van der Waals surface area contributed by atoms with Crippen LogP contribution in [0.1, 0.15) is 34.8 Å². The molecule has 0 aliphatic carbocycles. The highest BCUT2D eigenvalue weighted by Gasteiger charge is 2.29. The minimum atomic E-state index is -3.60. The van der Waals surface area contributed by atoms with E-state index < -0.39 is 16.0 Å². The van der Waals surface area contributed by atoms with Gasteiger partial charge in [0.1, 0.15) is 5.84 Å². The molecule has 146 valence electrons. The number of Topliss-reactive ketones (excluding diaryl/α,β-unsaturated/α-hetero) is 1. The summed E-state index contributed by atoms with van der Waals surface area (Å²) in [6.07, 6.45) is 0.821. The average molecular weight is 400 g/mol. The molecule has 0 atom stereocenters. The van der Waals surface area contributed by atoms with Crippen molar-refractivity contribution in [2.24, 2.45) is 4.99 Å². The highest BCUT2D eigenvalue weighted by Crippen LogP contribution is 2.22. The van der Waals surface area contributed by atoms with Crippen LogP contribution in [0.2, 0.25) is 0 Å². The molecule has 2 aromatic carbocycles. The molecule has 0 saturated heterocycles. The Morgan fingerprint density at radius 1 is 1.07 bits per heavy atom. The number of rotatable bonds is 7. The summed E-state index contributed by atoms with van der Waals surface area (Å²) < 4.78 is 31.3. The number of amidine groups is 1. The molecule has 1 heterocycles. The van der Waals surface area contributed by atoms with E-state index in [0.717, 1.165) is 12.0 Å². The van der Waals surface area contributed by atoms with Crippen molar-refractivity contribution in [2.75, 3.05) is 13.2 Å². The minimum absolute atomic E-state index is 0.0460. The number of sulfonamides is 1. The van der Waals surface area contributed by atoms with Crippen molar-refractivity contribution in [1.82, 2.24) is 4.72 Å². The molecular formula is C20H20N2O5S. The molecule has 1 aliphatic rings. The lowest BCUT2D eigenvalue weighted by molar-refractivity contribution is -0.142. The first-order chi connectivity index (χ1) is 13.4. The highest BCUT2D eigenvalue weighted by molar-refractivity contribution is 7.90. The van der Waals surface area contributed by atoms with Gasteiger partial charge in [0, 0.05) is 11.1 Å². The summed E-state index contributed by atoms with van der Waals surface area (Å²) in [4.78, 5) is 28.2. The number of carbonyl (C=O) groups is 2. The van der Waals surface area contributed by atoms with Crippen molar-refractivity contribution in [3.05, 3.63) is 65.2 Å². The topological polar surface area (TPSA) is 102 Å². The smallest absolute Gasteiger partial charge is 0.308 e. The molecule has 2 aromatic rings. The van der Waals surface area contributed by atoms with E-state index in [1.807, 2.05) is 19.1 Å². The Morgan fingerprint density at radius 2 is 1.79 bits per heavy atom. The van der Waals surface area contributed by atoms with Crippen LogP contribution >= 0.6 is 0 Å². The molecule has 0 radical (unpaired) electrons. The van der Waals surface area contributed by atoms with Gasteiger partial charge < -0.3 is 4.74 Å². The second kappa shape index (κ2) is 8.35. The minimum Gasteiger partial charge on any atom is -0.457 e. The van der Waals surface area contributed by atoms with Crippen LogP contribution < -0.4 is 4.72 Å². The number of ketones is 1. The Morgan fingerprint density at radius 3 is 2.50 bits per heavy atom. The normalized spacial score (nSPS) is 15.7. The molecule has 1 aliphatic heterocycles. The predicted molar refractivity (Wildman–Crippen MR) is 104 cm³/mol. The quantitative estimate of drug-likeness (QED) is 0.566. The first kappa shape index (κ1) is 19.8. The number of esters is 1. The van der Waals surface area contributed by atoms with Crippen molar-refractivity contribution >= 4 is 27.6 Å². The number of carbonyl (C=O) groups excluding carboxylic acids is 2. The molecule has 28 heavy (non-hydrogen) atoms. The fourth-order valence-electron chi connectivity index (χ4n) is 2.74. The lowest BCUT2D eigenvalue weighted by atomic mass is 10.1. The Balaban J connectivity index is 1.51. The van der Waals surface area contributed by atoms with Crippen molar-refractivity contribution in [2.45, 2.75) is 24.7 Å². The number of aryl methyl sites for hydroxylation is 1.